The lowest BCUT2D eigenvalue weighted by atomic mass is 10.2. The van der Waals surface area contributed by atoms with Crippen LogP contribution in [0.2, 0.25) is 0 Å². The van der Waals surface area contributed by atoms with Crippen LogP contribution in [0.4, 0.5) is 5.82 Å². The van der Waals surface area contributed by atoms with E-state index in [1.165, 1.54) is 0 Å². The minimum Gasteiger partial charge on any atom is -0.356 e. The molecule has 1 aromatic heterocycles. The van der Waals surface area contributed by atoms with Crippen LogP contribution < -0.4 is 5.32 Å². The molecule has 0 spiro atoms. The van der Waals surface area contributed by atoms with E-state index >= 15 is 0 Å². The Labute approximate surface area is 85.0 Å². The van der Waals surface area contributed by atoms with Gasteiger partial charge >= 0.3 is 0 Å². The van der Waals surface area contributed by atoms with E-state index in [1.54, 1.807) is 6.20 Å². The van der Waals surface area contributed by atoms with Crippen molar-refractivity contribution in [3.8, 4) is 12.3 Å². The zero-order chi connectivity index (χ0) is 10.4. The fourth-order valence-corrected chi connectivity index (χ4v) is 1.20. The number of hydrogen-bond acceptors (Lipinski definition) is 3. The van der Waals surface area contributed by atoms with Gasteiger partial charge in [-0.2, -0.15) is 0 Å². The van der Waals surface area contributed by atoms with E-state index in [1.807, 2.05) is 13.0 Å². The summed E-state index contributed by atoms with van der Waals surface area (Å²) in [6.45, 7) is 3.97. The van der Waals surface area contributed by atoms with Gasteiger partial charge in [-0.3, -0.25) is 0 Å². The summed E-state index contributed by atoms with van der Waals surface area (Å²) in [5, 5.41) is 3.18. The topological polar surface area (TPSA) is 37.8 Å². The van der Waals surface area contributed by atoms with E-state index < -0.39 is 0 Å². The van der Waals surface area contributed by atoms with Crippen molar-refractivity contribution in [2.24, 2.45) is 0 Å². The average Bonchev–Trinajstić information content (AvgIpc) is 2.17. The average molecular weight is 189 g/mol. The molecule has 1 heterocycles. The van der Waals surface area contributed by atoms with Gasteiger partial charge in [-0.05, 0) is 19.4 Å². The molecule has 0 aliphatic carbocycles. The van der Waals surface area contributed by atoms with E-state index in [0.29, 0.717) is 0 Å². The Morgan fingerprint density at radius 2 is 2.43 bits per heavy atom. The number of rotatable bonds is 4. The molecule has 0 saturated heterocycles. The summed E-state index contributed by atoms with van der Waals surface area (Å²) in [7, 11) is 0. The summed E-state index contributed by atoms with van der Waals surface area (Å²) >= 11 is 0. The summed E-state index contributed by atoms with van der Waals surface area (Å²) in [6, 6.07) is 1.89. The molecule has 0 bridgehead atoms. The van der Waals surface area contributed by atoms with Gasteiger partial charge in [0.05, 0.1) is 6.04 Å². The van der Waals surface area contributed by atoms with Gasteiger partial charge in [-0.15, -0.1) is 6.42 Å². The molecule has 1 N–H and O–H groups in total. The number of aromatic nitrogens is 2. The van der Waals surface area contributed by atoms with Crippen molar-refractivity contribution >= 4 is 5.82 Å². The van der Waals surface area contributed by atoms with Crippen molar-refractivity contribution in [1.29, 1.82) is 0 Å². The van der Waals surface area contributed by atoms with Crippen LogP contribution in [0.15, 0.2) is 12.3 Å². The second-order valence-corrected chi connectivity index (χ2v) is 3.14. The Hall–Kier alpha value is -1.56. The van der Waals surface area contributed by atoms with Crippen molar-refractivity contribution in [2.75, 3.05) is 5.32 Å². The van der Waals surface area contributed by atoms with Crippen LogP contribution in [0.25, 0.3) is 0 Å². The predicted octanol–water partition coefficient (Wildman–Crippen LogP) is 2.00. The number of aryl methyl sites for hydroxylation is 1. The molecule has 3 heteroatoms. The summed E-state index contributed by atoms with van der Waals surface area (Å²) in [4.78, 5) is 8.24. The molecule has 0 amide bonds. The quantitative estimate of drug-likeness (QED) is 0.736. The fraction of sp³-hybridized carbons (Fsp3) is 0.455. The van der Waals surface area contributed by atoms with Crippen LogP contribution in [0.3, 0.4) is 0 Å². The number of nitrogens with one attached hydrogen (secondary N) is 1. The van der Waals surface area contributed by atoms with Crippen molar-refractivity contribution in [1.82, 2.24) is 9.97 Å². The third-order valence-corrected chi connectivity index (χ3v) is 1.88. The molecule has 1 unspecified atom stereocenters. The maximum atomic E-state index is 5.39. The van der Waals surface area contributed by atoms with E-state index in [9.17, 15) is 0 Å². The molecule has 1 rings (SSSR count). The minimum atomic E-state index is 0.0642. The number of nitrogens with zero attached hydrogens (tertiary/aromatic N) is 2. The highest BCUT2D eigenvalue weighted by molar-refractivity contribution is 5.36. The van der Waals surface area contributed by atoms with Gasteiger partial charge in [-0.1, -0.05) is 19.3 Å². The maximum Gasteiger partial charge on any atom is 0.130 e. The van der Waals surface area contributed by atoms with Crippen molar-refractivity contribution in [3.63, 3.8) is 0 Å². The highest BCUT2D eigenvalue weighted by atomic mass is 15.0. The van der Waals surface area contributed by atoms with Gasteiger partial charge in [0.2, 0.25) is 0 Å². The Kier molecular flexibility index (Phi) is 3.93. The maximum absolute atomic E-state index is 5.39. The van der Waals surface area contributed by atoms with Gasteiger partial charge in [0.25, 0.3) is 0 Å². The van der Waals surface area contributed by atoms with E-state index in [4.69, 9.17) is 6.42 Å². The van der Waals surface area contributed by atoms with Crippen LogP contribution in [-0.2, 0) is 0 Å². The lowest BCUT2D eigenvalue weighted by Gasteiger charge is -2.12. The summed E-state index contributed by atoms with van der Waals surface area (Å²) in [5.41, 5.74) is 0. The van der Waals surface area contributed by atoms with Crippen LogP contribution in [0, 0.1) is 19.3 Å². The Morgan fingerprint density at radius 1 is 1.64 bits per heavy atom. The third-order valence-electron chi connectivity index (χ3n) is 1.88. The van der Waals surface area contributed by atoms with Crippen LogP contribution >= 0.6 is 0 Å². The second kappa shape index (κ2) is 5.23. The summed E-state index contributed by atoms with van der Waals surface area (Å²) < 4.78 is 0. The Bertz CT molecular complexity index is 328. The highest BCUT2D eigenvalue weighted by Gasteiger charge is 2.03. The molecule has 14 heavy (non-hydrogen) atoms. The van der Waals surface area contributed by atoms with E-state index in [2.05, 4.69) is 28.1 Å². The largest absolute Gasteiger partial charge is 0.356 e. The monoisotopic (exact) mass is 189 g/mol. The first-order valence-electron chi connectivity index (χ1n) is 4.78. The van der Waals surface area contributed by atoms with Crippen molar-refractivity contribution in [2.45, 2.75) is 32.7 Å². The molecule has 0 radical (unpaired) electrons. The summed E-state index contributed by atoms with van der Waals surface area (Å²) in [6.07, 6.45) is 9.13. The van der Waals surface area contributed by atoms with Crippen LogP contribution in [-0.4, -0.2) is 16.0 Å². The molecule has 0 aliphatic rings. The number of hydrogen-bond donors (Lipinski definition) is 1. The molecule has 3 nitrogen and oxygen atoms in total. The van der Waals surface area contributed by atoms with Crippen LogP contribution in [0.5, 0.6) is 0 Å². The van der Waals surface area contributed by atoms with Crippen LogP contribution in [0.1, 0.15) is 25.6 Å². The summed E-state index contributed by atoms with van der Waals surface area (Å²) in [5.74, 6) is 4.25. The third kappa shape index (κ3) is 3.06. The SMILES string of the molecule is C#CC(CCC)Nc1ccnc(C)n1. The molecule has 0 aromatic carbocycles. The molecule has 1 atom stereocenters. The molecule has 0 fully saturated rings. The normalized spacial score (nSPS) is 11.8. The molecule has 0 aliphatic heterocycles. The molecule has 1 aromatic rings. The highest BCUT2D eigenvalue weighted by Crippen LogP contribution is 2.06. The predicted molar refractivity (Wildman–Crippen MR) is 57.9 cm³/mol. The lowest BCUT2D eigenvalue weighted by Crippen LogP contribution is -2.17. The zero-order valence-electron chi connectivity index (χ0n) is 8.62. The smallest absolute Gasteiger partial charge is 0.130 e. The standard InChI is InChI=1S/C11H15N3/c1-4-6-10(5-2)14-11-7-8-12-9(3)13-11/h2,7-8,10H,4,6H2,1,3H3,(H,12,13,14). The molecule has 0 saturated carbocycles. The van der Waals surface area contributed by atoms with Gasteiger partial charge in [0.1, 0.15) is 11.6 Å². The Morgan fingerprint density at radius 3 is 3.00 bits per heavy atom. The van der Waals surface area contributed by atoms with Gasteiger partial charge in [-0.25, -0.2) is 9.97 Å². The van der Waals surface area contributed by atoms with Crippen molar-refractivity contribution < 1.29 is 0 Å². The first-order valence-corrected chi connectivity index (χ1v) is 4.78. The molecule has 74 valence electrons. The van der Waals surface area contributed by atoms with Gasteiger partial charge in [0, 0.05) is 6.20 Å². The van der Waals surface area contributed by atoms with Gasteiger partial charge in [0.15, 0.2) is 0 Å². The fourth-order valence-electron chi connectivity index (χ4n) is 1.20. The number of anilines is 1. The lowest BCUT2D eigenvalue weighted by molar-refractivity contribution is 0.751. The Balaban J connectivity index is 2.63. The molecular weight excluding hydrogens is 174 g/mol. The van der Waals surface area contributed by atoms with E-state index in [-0.39, 0.29) is 6.04 Å². The van der Waals surface area contributed by atoms with Crippen molar-refractivity contribution in [3.05, 3.63) is 18.1 Å². The zero-order valence-corrected chi connectivity index (χ0v) is 8.62. The van der Waals surface area contributed by atoms with Gasteiger partial charge < -0.3 is 5.32 Å². The molecular formula is C11H15N3. The number of terminal acetylenes is 1. The first kappa shape index (κ1) is 10.5. The van der Waals surface area contributed by atoms with E-state index in [0.717, 1.165) is 24.5 Å². The first-order chi connectivity index (χ1) is 6.76. The minimum absolute atomic E-state index is 0.0642. The second-order valence-electron chi connectivity index (χ2n) is 3.14.